The van der Waals surface area contributed by atoms with Gasteiger partial charge in [0, 0.05) is 38.7 Å². The van der Waals surface area contributed by atoms with E-state index in [1.54, 1.807) is 6.92 Å². The maximum Gasteiger partial charge on any atom is 0.216 e. The number of carbonyl (C=O) groups excluding carboxylic acids is 1. The number of carbonyl (C=O) groups is 1. The Morgan fingerprint density at radius 3 is 2.33 bits per heavy atom. The van der Waals surface area contributed by atoms with Crippen LogP contribution in [0.1, 0.15) is 76.7 Å². The molecule has 0 aliphatic heterocycles. The minimum absolute atomic E-state index is 0.0747. The van der Waals surface area contributed by atoms with E-state index < -0.39 is 0 Å². The summed E-state index contributed by atoms with van der Waals surface area (Å²) in [5, 5.41) is 2.83. The second-order valence-corrected chi connectivity index (χ2v) is 6.28. The van der Waals surface area contributed by atoms with Crippen LogP contribution in [-0.2, 0) is 11.2 Å². The largest absolute Gasteiger partial charge is 0.356 e. The molecular weight excluding hydrogens is 296 g/mol. The molecule has 0 radical (unpaired) electrons. The quantitative estimate of drug-likeness (QED) is 0.448. The topological polar surface area (TPSA) is 42.0 Å². The number of hydrogen-bond acceptors (Lipinski definition) is 2. The van der Waals surface area contributed by atoms with Gasteiger partial charge in [0.05, 0.1) is 0 Å². The Bertz CT molecular complexity index is 488. The highest BCUT2D eigenvalue weighted by molar-refractivity contribution is 5.72. The van der Waals surface area contributed by atoms with Crippen molar-refractivity contribution in [3.05, 3.63) is 30.1 Å². The first-order valence-electron chi connectivity index (χ1n) is 9.38. The summed E-state index contributed by atoms with van der Waals surface area (Å²) < 4.78 is 0. The van der Waals surface area contributed by atoms with Gasteiger partial charge in [-0.1, -0.05) is 31.7 Å². The van der Waals surface area contributed by atoms with Crippen LogP contribution < -0.4 is 5.32 Å². The minimum Gasteiger partial charge on any atom is -0.356 e. The van der Waals surface area contributed by atoms with E-state index in [0.29, 0.717) is 0 Å². The SMILES string of the molecule is CC(=O)NCCCCCCCCC#CCCCCc1cccnc1. The van der Waals surface area contributed by atoms with Crippen molar-refractivity contribution in [2.75, 3.05) is 6.54 Å². The van der Waals surface area contributed by atoms with E-state index in [1.807, 2.05) is 18.5 Å². The minimum atomic E-state index is 0.0747. The van der Waals surface area contributed by atoms with Crippen molar-refractivity contribution in [3.8, 4) is 11.8 Å². The summed E-state index contributed by atoms with van der Waals surface area (Å²) >= 11 is 0. The molecule has 0 bridgehead atoms. The van der Waals surface area contributed by atoms with Gasteiger partial charge in [-0.2, -0.15) is 0 Å². The number of nitrogens with zero attached hydrogens (tertiary/aromatic N) is 1. The Hall–Kier alpha value is -1.82. The van der Waals surface area contributed by atoms with Crippen LogP contribution in [0.5, 0.6) is 0 Å². The fraction of sp³-hybridized carbons (Fsp3) is 0.619. The van der Waals surface area contributed by atoms with E-state index in [1.165, 1.54) is 50.5 Å². The molecule has 1 amide bonds. The number of aromatic nitrogens is 1. The standard InChI is InChI=1S/C21H32N2O/c1-20(24)23-18-13-11-9-7-5-3-2-4-6-8-10-12-15-21-16-14-17-22-19-21/h14,16-17,19H,2-3,5,7-13,15,18H2,1H3,(H,23,24). The van der Waals surface area contributed by atoms with Crippen molar-refractivity contribution in [1.82, 2.24) is 10.3 Å². The van der Waals surface area contributed by atoms with Crippen LogP contribution in [0.2, 0.25) is 0 Å². The highest BCUT2D eigenvalue weighted by atomic mass is 16.1. The summed E-state index contributed by atoms with van der Waals surface area (Å²) in [4.78, 5) is 14.8. The number of amides is 1. The number of hydrogen-bond donors (Lipinski definition) is 1. The third kappa shape index (κ3) is 12.7. The maximum absolute atomic E-state index is 10.7. The zero-order valence-corrected chi connectivity index (χ0v) is 15.2. The van der Waals surface area contributed by atoms with Gasteiger partial charge in [-0.25, -0.2) is 0 Å². The molecule has 0 spiro atoms. The molecule has 1 rings (SSSR count). The van der Waals surface area contributed by atoms with Crippen molar-refractivity contribution in [3.63, 3.8) is 0 Å². The molecular formula is C21H32N2O. The molecule has 1 aromatic heterocycles. The molecule has 1 N–H and O–H groups in total. The summed E-state index contributed by atoms with van der Waals surface area (Å²) in [6.07, 6.45) is 16.6. The smallest absolute Gasteiger partial charge is 0.216 e. The molecule has 1 heterocycles. The molecule has 3 nitrogen and oxygen atoms in total. The highest BCUT2D eigenvalue weighted by Crippen LogP contribution is 2.07. The second-order valence-electron chi connectivity index (χ2n) is 6.28. The average Bonchev–Trinajstić information content (AvgIpc) is 2.59. The van der Waals surface area contributed by atoms with Crippen molar-refractivity contribution in [1.29, 1.82) is 0 Å². The van der Waals surface area contributed by atoms with E-state index >= 15 is 0 Å². The summed E-state index contributed by atoms with van der Waals surface area (Å²) in [6, 6.07) is 4.14. The van der Waals surface area contributed by atoms with E-state index in [0.717, 1.165) is 32.2 Å². The van der Waals surface area contributed by atoms with Gasteiger partial charge in [-0.15, -0.1) is 11.8 Å². The monoisotopic (exact) mass is 328 g/mol. The van der Waals surface area contributed by atoms with Crippen molar-refractivity contribution < 1.29 is 4.79 Å². The summed E-state index contributed by atoms with van der Waals surface area (Å²) in [6.45, 7) is 2.39. The lowest BCUT2D eigenvalue weighted by Gasteiger charge is -2.01. The molecule has 0 unspecified atom stereocenters. The molecule has 0 aliphatic carbocycles. The van der Waals surface area contributed by atoms with Crippen molar-refractivity contribution in [2.45, 2.75) is 77.6 Å². The lowest BCUT2D eigenvalue weighted by molar-refractivity contribution is -0.118. The molecule has 0 saturated heterocycles. The Morgan fingerprint density at radius 1 is 1.00 bits per heavy atom. The summed E-state index contributed by atoms with van der Waals surface area (Å²) in [5.41, 5.74) is 1.32. The van der Waals surface area contributed by atoms with Crippen LogP contribution in [0.25, 0.3) is 0 Å². The fourth-order valence-electron chi connectivity index (χ4n) is 2.58. The molecule has 132 valence electrons. The summed E-state index contributed by atoms with van der Waals surface area (Å²) in [7, 11) is 0. The number of unbranched alkanes of at least 4 members (excludes halogenated alkanes) is 8. The number of aryl methyl sites for hydroxylation is 1. The van der Waals surface area contributed by atoms with Gasteiger partial charge in [0.1, 0.15) is 0 Å². The van der Waals surface area contributed by atoms with E-state index in [4.69, 9.17) is 0 Å². The van der Waals surface area contributed by atoms with E-state index in [9.17, 15) is 4.79 Å². The van der Waals surface area contributed by atoms with Crippen LogP contribution in [0.4, 0.5) is 0 Å². The van der Waals surface area contributed by atoms with Gasteiger partial charge in [0.2, 0.25) is 5.91 Å². The molecule has 0 aliphatic rings. The molecule has 0 saturated carbocycles. The molecule has 24 heavy (non-hydrogen) atoms. The molecule has 0 atom stereocenters. The molecule has 0 aromatic carbocycles. The van der Waals surface area contributed by atoms with Crippen LogP contribution >= 0.6 is 0 Å². The van der Waals surface area contributed by atoms with Crippen molar-refractivity contribution in [2.24, 2.45) is 0 Å². The zero-order chi connectivity index (χ0) is 17.3. The third-order valence-corrected chi connectivity index (χ3v) is 3.97. The van der Waals surface area contributed by atoms with E-state index in [-0.39, 0.29) is 5.91 Å². The van der Waals surface area contributed by atoms with Crippen LogP contribution in [0, 0.1) is 11.8 Å². The summed E-state index contributed by atoms with van der Waals surface area (Å²) in [5.74, 6) is 6.67. The second kappa shape index (κ2) is 14.8. The molecule has 1 aromatic rings. The van der Waals surface area contributed by atoms with Gasteiger partial charge in [0.15, 0.2) is 0 Å². The lowest BCUT2D eigenvalue weighted by atomic mass is 10.1. The first kappa shape index (κ1) is 20.2. The number of nitrogens with one attached hydrogen (secondary N) is 1. The Labute approximate surface area is 147 Å². The number of pyridine rings is 1. The van der Waals surface area contributed by atoms with Crippen LogP contribution in [0.15, 0.2) is 24.5 Å². The predicted octanol–water partition coefficient (Wildman–Crippen LogP) is 4.66. The average molecular weight is 328 g/mol. The molecule has 0 fully saturated rings. The van der Waals surface area contributed by atoms with Gasteiger partial charge in [0.25, 0.3) is 0 Å². The maximum atomic E-state index is 10.7. The first-order valence-corrected chi connectivity index (χ1v) is 9.38. The van der Waals surface area contributed by atoms with E-state index in [2.05, 4.69) is 28.2 Å². The van der Waals surface area contributed by atoms with Crippen molar-refractivity contribution >= 4 is 5.91 Å². The normalized spacial score (nSPS) is 10.0. The fourth-order valence-corrected chi connectivity index (χ4v) is 2.58. The van der Waals surface area contributed by atoms with Gasteiger partial charge in [-0.3, -0.25) is 9.78 Å². The molecule has 3 heteroatoms. The Morgan fingerprint density at radius 2 is 1.67 bits per heavy atom. The first-order chi connectivity index (χ1) is 11.8. The Balaban J connectivity index is 1.81. The predicted molar refractivity (Wildman–Crippen MR) is 101 cm³/mol. The zero-order valence-electron chi connectivity index (χ0n) is 15.2. The third-order valence-electron chi connectivity index (χ3n) is 3.97. The lowest BCUT2D eigenvalue weighted by Crippen LogP contribution is -2.20. The van der Waals surface area contributed by atoms with Gasteiger partial charge < -0.3 is 5.32 Å². The number of rotatable bonds is 12. The van der Waals surface area contributed by atoms with Gasteiger partial charge in [-0.05, 0) is 43.7 Å². The van der Waals surface area contributed by atoms with Crippen LogP contribution in [0.3, 0.4) is 0 Å². The highest BCUT2D eigenvalue weighted by Gasteiger charge is 1.93. The van der Waals surface area contributed by atoms with Gasteiger partial charge >= 0.3 is 0 Å². The Kier molecular flexibility index (Phi) is 12.4. The van der Waals surface area contributed by atoms with Crippen LogP contribution in [-0.4, -0.2) is 17.4 Å².